The number of anilines is 1. The molecule has 0 aliphatic carbocycles. The molecule has 3 aromatic heterocycles. The Morgan fingerprint density at radius 1 is 1.18 bits per heavy atom. The molecule has 0 unspecified atom stereocenters. The van der Waals surface area contributed by atoms with Gasteiger partial charge >= 0.3 is 0 Å². The van der Waals surface area contributed by atoms with Gasteiger partial charge in [-0.3, -0.25) is 8.77 Å². The zero-order valence-corrected chi connectivity index (χ0v) is 19.7. The maximum absolute atomic E-state index is 12.9. The van der Waals surface area contributed by atoms with Crippen LogP contribution in [0.15, 0.2) is 59.8 Å². The van der Waals surface area contributed by atoms with Crippen LogP contribution in [0, 0.1) is 0 Å². The van der Waals surface area contributed by atoms with Gasteiger partial charge in [0.2, 0.25) is 0 Å². The van der Waals surface area contributed by atoms with E-state index in [-0.39, 0.29) is 5.56 Å². The van der Waals surface area contributed by atoms with E-state index in [1.807, 2.05) is 30.6 Å². The Morgan fingerprint density at radius 3 is 2.76 bits per heavy atom. The van der Waals surface area contributed by atoms with E-state index in [4.69, 9.17) is 21.1 Å². The van der Waals surface area contributed by atoms with Crippen LogP contribution in [0.5, 0.6) is 5.75 Å². The lowest BCUT2D eigenvalue weighted by atomic mass is 10.1. The van der Waals surface area contributed by atoms with E-state index in [0.29, 0.717) is 30.5 Å². The van der Waals surface area contributed by atoms with Gasteiger partial charge in [-0.05, 0) is 41.5 Å². The van der Waals surface area contributed by atoms with E-state index in [1.54, 1.807) is 34.0 Å². The first kappa shape index (κ1) is 21.9. The van der Waals surface area contributed by atoms with Crippen LogP contribution in [0.25, 0.3) is 22.2 Å². The fraction of sp³-hybridized carbons (Fsp3) is 0.250. The highest BCUT2D eigenvalue weighted by atomic mass is 35.5. The summed E-state index contributed by atoms with van der Waals surface area (Å²) in [7, 11) is 1.59. The first-order valence-electron chi connectivity index (χ1n) is 10.6. The Kier molecular flexibility index (Phi) is 6.05. The normalized spacial score (nSPS) is 14.1. The van der Waals surface area contributed by atoms with Crippen LogP contribution in [-0.4, -0.2) is 46.9 Å². The van der Waals surface area contributed by atoms with Gasteiger partial charge in [-0.25, -0.2) is 4.98 Å². The monoisotopic (exact) mass is 482 g/mol. The molecule has 0 spiro atoms. The first-order valence-corrected chi connectivity index (χ1v) is 11.4. The Labute approximate surface area is 201 Å². The smallest absolute Gasteiger partial charge is 0.251 e. The van der Waals surface area contributed by atoms with Gasteiger partial charge in [0.25, 0.3) is 5.56 Å². The summed E-state index contributed by atoms with van der Waals surface area (Å²) in [4.78, 5) is 19.8. The van der Waals surface area contributed by atoms with Crippen molar-refractivity contribution in [2.24, 2.45) is 0 Å². The van der Waals surface area contributed by atoms with Gasteiger partial charge in [0.1, 0.15) is 5.75 Å². The lowest BCUT2D eigenvalue weighted by molar-refractivity contribution is 0.122. The summed E-state index contributed by atoms with van der Waals surface area (Å²) in [5.41, 5.74) is 4.30. The molecule has 1 aromatic carbocycles. The fourth-order valence-electron chi connectivity index (χ4n) is 4.14. The summed E-state index contributed by atoms with van der Waals surface area (Å²) in [6.45, 7) is 3.46. The number of rotatable bonds is 5. The molecule has 0 N–H and O–H groups in total. The van der Waals surface area contributed by atoms with Gasteiger partial charge in [0.05, 0.1) is 38.8 Å². The second-order valence-electron chi connectivity index (χ2n) is 7.93. The molecule has 170 valence electrons. The molecule has 1 fully saturated rings. The predicted molar refractivity (Wildman–Crippen MR) is 134 cm³/mol. The van der Waals surface area contributed by atoms with E-state index in [2.05, 4.69) is 28.8 Å². The third kappa shape index (κ3) is 4.46. The van der Waals surface area contributed by atoms with E-state index in [0.717, 1.165) is 46.5 Å². The van der Waals surface area contributed by atoms with Crippen molar-refractivity contribution in [2.45, 2.75) is 6.54 Å². The first-order chi connectivity index (χ1) is 16.0. The van der Waals surface area contributed by atoms with E-state index in [1.165, 1.54) is 0 Å². The van der Waals surface area contributed by atoms with Crippen molar-refractivity contribution in [2.75, 3.05) is 38.3 Å². The van der Waals surface area contributed by atoms with Crippen molar-refractivity contribution in [3.8, 4) is 16.9 Å². The molecule has 1 saturated heterocycles. The fourth-order valence-corrected chi connectivity index (χ4v) is 4.66. The number of hydrogen-bond donors (Lipinski definition) is 1. The molecule has 1 aliphatic rings. The Hall–Kier alpha value is -2.94. The molecule has 9 heteroatoms. The van der Waals surface area contributed by atoms with Crippen LogP contribution in [0.2, 0.25) is 5.02 Å². The molecule has 0 radical (unpaired) electrons. The Balaban J connectivity index is 1.49. The molecule has 4 heterocycles. The van der Waals surface area contributed by atoms with Crippen molar-refractivity contribution >= 4 is 41.1 Å². The Bertz CT molecular complexity index is 1380. The van der Waals surface area contributed by atoms with Crippen molar-refractivity contribution in [3.63, 3.8) is 0 Å². The number of ether oxygens (including phenoxy) is 2. The van der Waals surface area contributed by atoms with E-state index >= 15 is 0 Å². The van der Waals surface area contributed by atoms with Crippen LogP contribution in [0.3, 0.4) is 0 Å². The predicted octanol–water partition coefficient (Wildman–Crippen LogP) is 4.10. The summed E-state index contributed by atoms with van der Waals surface area (Å²) >= 11 is 10.7. The summed E-state index contributed by atoms with van der Waals surface area (Å²) in [5.74, 6) is 0.660. The highest BCUT2D eigenvalue weighted by Crippen LogP contribution is 2.32. The number of methoxy groups -OCH3 is 1. The number of pyridine rings is 2. The third-order valence-electron chi connectivity index (χ3n) is 5.81. The molecule has 1 aliphatic heterocycles. The topological polar surface area (TPSA) is 61.5 Å². The SMILES string of the molecule is COc1cc(Cl)cc(Cn2ccc(-c3cn(S)c4ncc(N5CCOCC5)cc34)cc2=O)c1. The number of nitrogens with zero attached hydrogens (tertiary/aromatic N) is 4. The highest BCUT2D eigenvalue weighted by molar-refractivity contribution is 7.78. The zero-order valence-electron chi connectivity index (χ0n) is 18.1. The molecule has 0 bridgehead atoms. The van der Waals surface area contributed by atoms with Crippen LogP contribution < -0.4 is 15.2 Å². The number of thiol groups is 1. The maximum atomic E-state index is 12.9. The van der Waals surface area contributed by atoms with E-state index < -0.39 is 0 Å². The number of aromatic nitrogens is 3. The summed E-state index contributed by atoms with van der Waals surface area (Å²) in [6, 6.07) is 11.1. The molecule has 0 atom stereocenters. The van der Waals surface area contributed by atoms with E-state index in [9.17, 15) is 4.79 Å². The van der Waals surface area contributed by atoms with Crippen molar-refractivity contribution in [1.82, 2.24) is 13.5 Å². The van der Waals surface area contributed by atoms with Crippen LogP contribution in [0.4, 0.5) is 5.69 Å². The van der Waals surface area contributed by atoms with Gasteiger partial charge < -0.3 is 18.9 Å². The minimum absolute atomic E-state index is 0.108. The number of hydrogen-bond acceptors (Lipinski definition) is 6. The van der Waals surface area contributed by atoms with Gasteiger partial charge in [-0.1, -0.05) is 24.4 Å². The molecular formula is C24H23ClN4O3S. The van der Waals surface area contributed by atoms with Crippen molar-refractivity contribution < 1.29 is 9.47 Å². The standard InChI is InChI=1S/C24H23ClN4O3S/c1-31-20-9-16(8-18(25)11-20)14-28-3-2-17(10-23(28)30)22-15-29(33)24-21(22)12-19(13-26-24)27-4-6-32-7-5-27/h2-3,8-13,15,33H,4-7,14H2,1H3. The maximum Gasteiger partial charge on any atom is 0.251 e. The molecule has 7 nitrogen and oxygen atoms in total. The minimum atomic E-state index is -0.108. The molecule has 0 amide bonds. The second-order valence-corrected chi connectivity index (χ2v) is 8.80. The molecule has 5 rings (SSSR count). The van der Waals surface area contributed by atoms with Crippen LogP contribution in [0.1, 0.15) is 5.56 Å². The van der Waals surface area contributed by atoms with Crippen LogP contribution >= 0.6 is 24.4 Å². The highest BCUT2D eigenvalue weighted by Gasteiger charge is 2.16. The largest absolute Gasteiger partial charge is 0.497 e. The average molecular weight is 483 g/mol. The van der Waals surface area contributed by atoms with Gasteiger partial charge in [-0.2, -0.15) is 0 Å². The third-order valence-corrected chi connectivity index (χ3v) is 6.34. The van der Waals surface area contributed by atoms with Crippen molar-refractivity contribution in [1.29, 1.82) is 0 Å². The average Bonchev–Trinajstić information content (AvgIpc) is 3.16. The zero-order chi connectivity index (χ0) is 22.9. The Morgan fingerprint density at radius 2 is 2.00 bits per heavy atom. The molecule has 0 saturated carbocycles. The summed E-state index contributed by atoms with van der Waals surface area (Å²) in [6.07, 6.45) is 5.55. The molecule has 4 aromatic rings. The van der Waals surface area contributed by atoms with Gasteiger partial charge in [0, 0.05) is 47.5 Å². The lowest BCUT2D eigenvalue weighted by Crippen LogP contribution is -2.36. The summed E-state index contributed by atoms with van der Waals surface area (Å²) < 4.78 is 14.1. The lowest BCUT2D eigenvalue weighted by Gasteiger charge is -2.28. The van der Waals surface area contributed by atoms with Crippen LogP contribution in [-0.2, 0) is 11.3 Å². The second kappa shape index (κ2) is 9.13. The number of halogens is 1. The number of fused-ring (bicyclic) bond motifs is 1. The number of benzene rings is 1. The molecular weight excluding hydrogens is 460 g/mol. The number of morpholine rings is 1. The van der Waals surface area contributed by atoms with Gasteiger partial charge in [-0.15, -0.1) is 0 Å². The quantitative estimate of drug-likeness (QED) is 0.434. The van der Waals surface area contributed by atoms with Gasteiger partial charge in [0.15, 0.2) is 5.65 Å². The minimum Gasteiger partial charge on any atom is -0.497 e. The summed E-state index contributed by atoms with van der Waals surface area (Å²) in [5, 5.41) is 1.52. The van der Waals surface area contributed by atoms with Crippen molar-refractivity contribution in [3.05, 3.63) is 75.9 Å². The molecule has 33 heavy (non-hydrogen) atoms.